The van der Waals surface area contributed by atoms with Gasteiger partial charge in [0.05, 0.1) is 22.4 Å². The highest BCUT2D eigenvalue weighted by atomic mass is 79.9. The van der Waals surface area contributed by atoms with Crippen molar-refractivity contribution >= 4 is 43.5 Å². The summed E-state index contributed by atoms with van der Waals surface area (Å²) in [5.41, 5.74) is 4.81. The van der Waals surface area contributed by atoms with Crippen LogP contribution in [0.2, 0.25) is 5.02 Å². The van der Waals surface area contributed by atoms with E-state index >= 15 is 0 Å². The van der Waals surface area contributed by atoms with Crippen molar-refractivity contribution in [3.05, 3.63) is 49.6 Å². The summed E-state index contributed by atoms with van der Waals surface area (Å²) in [6, 6.07) is 5.45. The third kappa shape index (κ3) is 3.03. The van der Waals surface area contributed by atoms with Crippen LogP contribution in [0.5, 0.6) is 0 Å². The fourth-order valence-corrected chi connectivity index (χ4v) is 3.40. The third-order valence-electron chi connectivity index (χ3n) is 2.85. The minimum Gasteiger partial charge on any atom is -0.271 e. The molecule has 1 atom stereocenters. The first kappa shape index (κ1) is 15.0. The second-order valence-corrected chi connectivity index (χ2v) is 6.10. The summed E-state index contributed by atoms with van der Waals surface area (Å²) in [5, 5.41) is 4.98. The Morgan fingerprint density at radius 2 is 2.16 bits per heavy atom. The van der Waals surface area contributed by atoms with E-state index in [0.717, 1.165) is 26.7 Å². The number of aryl methyl sites for hydroxylation is 1. The predicted octanol–water partition coefficient (Wildman–Crippen LogP) is 3.63. The van der Waals surface area contributed by atoms with Crippen molar-refractivity contribution in [2.75, 3.05) is 0 Å². The fourth-order valence-electron chi connectivity index (χ4n) is 1.96. The number of halogens is 3. The highest BCUT2D eigenvalue weighted by molar-refractivity contribution is 9.10. The number of rotatable bonds is 4. The van der Waals surface area contributed by atoms with E-state index in [1.54, 1.807) is 6.20 Å². The average molecular weight is 409 g/mol. The molecule has 0 saturated heterocycles. The molecule has 0 fully saturated rings. The van der Waals surface area contributed by atoms with Crippen molar-refractivity contribution in [1.82, 2.24) is 15.2 Å². The van der Waals surface area contributed by atoms with Crippen molar-refractivity contribution in [2.45, 2.75) is 19.5 Å². The lowest BCUT2D eigenvalue weighted by atomic mass is 10.0. The first-order valence-electron chi connectivity index (χ1n) is 5.70. The maximum absolute atomic E-state index is 5.97. The van der Waals surface area contributed by atoms with E-state index in [0.29, 0.717) is 5.02 Å². The number of nitrogens with zero attached hydrogens (tertiary/aromatic N) is 2. The van der Waals surface area contributed by atoms with Crippen LogP contribution in [0, 0.1) is 0 Å². The van der Waals surface area contributed by atoms with E-state index in [1.807, 2.05) is 29.8 Å². The molecule has 1 heterocycles. The first-order valence-corrected chi connectivity index (χ1v) is 7.67. The monoisotopic (exact) mass is 406 g/mol. The van der Waals surface area contributed by atoms with Gasteiger partial charge in [0.25, 0.3) is 0 Å². The van der Waals surface area contributed by atoms with E-state index in [4.69, 9.17) is 17.4 Å². The van der Waals surface area contributed by atoms with Crippen molar-refractivity contribution in [1.29, 1.82) is 0 Å². The van der Waals surface area contributed by atoms with Gasteiger partial charge in [-0.1, -0.05) is 33.6 Å². The number of hydrogen-bond donors (Lipinski definition) is 2. The Morgan fingerprint density at radius 3 is 2.74 bits per heavy atom. The van der Waals surface area contributed by atoms with Gasteiger partial charge < -0.3 is 0 Å². The maximum Gasteiger partial charge on any atom is 0.0900 e. The quantitative estimate of drug-likeness (QED) is 0.600. The lowest BCUT2D eigenvalue weighted by molar-refractivity contribution is 0.541. The van der Waals surface area contributed by atoms with Gasteiger partial charge in [0, 0.05) is 16.0 Å². The summed E-state index contributed by atoms with van der Waals surface area (Å²) in [5.74, 6) is 5.73. The zero-order valence-electron chi connectivity index (χ0n) is 10.2. The van der Waals surface area contributed by atoms with Gasteiger partial charge in [0.1, 0.15) is 0 Å². The Hall–Kier alpha value is -0.400. The van der Waals surface area contributed by atoms with Crippen molar-refractivity contribution < 1.29 is 0 Å². The van der Waals surface area contributed by atoms with Gasteiger partial charge in [0.2, 0.25) is 0 Å². The van der Waals surface area contributed by atoms with Gasteiger partial charge in [-0.3, -0.25) is 10.5 Å². The molecular formula is C12H13Br2ClN4. The van der Waals surface area contributed by atoms with Crippen LogP contribution in [0.15, 0.2) is 33.3 Å². The Labute approximate surface area is 133 Å². The van der Waals surface area contributed by atoms with Gasteiger partial charge in [-0.2, -0.15) is 5.10 Å². The van der Waals surface area contributed by atoms with E-state index < -0.39 is 0 Å². The highest BCUT2D eigenvalue weighted by Gasteiger charge is 2.22. The molecular weight excluding hydrogens is 395 g/mol. The number of hydrazine groups is 1. The molecule has 19 heavy (non-hydrogen) atoms. The van der Waals surface area contributed by atoms with Crippen LogP contribution in [-0.2, 0) is 6.54 Å². The van der Waals surface area contributed by atoms with Crippen molar-refractivity contribution in [3.63, 3.8) is 0 Å². The molecule has 102 valence electrons. The summed E-state index contributed by atoms with van der Waals surface area (Å²) in [4.78, 5) is 0. The molecule has 0 aliphatic carbocycles. The molecule has 0 amide bonds. The summed E-state index contributed by atoms with van der Waals surface area (Å²) in [6.45, 7) is 2.80. The molecule has 1 unspecified atom stereocenters. The van der Waals surface area contributed by atoms with Crippen LogP contribution in [0.25, 0.3) is 0 Å². The molecule has 2 aromatic rings. The molecule has 2 rings (SSSR count). The summed E-state index contributed by atoms with van der Waals surface area (Å²) in [6.07, 6.45) is 1.77. The second-order valence-electron chi connectivity index (χ2n) is 3.96. The Morgan fingerprint density at radius 1 is 1.42 bits per heavy atom. The fraction of sp³-hybridized carbons (Fsp3) is 0.250. The minimum absolute atomic E-state index is 0.177. The minimum atomic E-state index is -0.177. The molecule has 1 aromatic heterocycles. The maximum atomic E-state index is 5.97. The standard InChI is InChI=1S/C12H13Br2ClN4/c1-2-19-12(10(14)6-17-19)11(18-16)8-4-3-7(15)5-9(8)13/h3-6,11,18H,2,16H2,1H3. The molecule has 0 saturated carbocycles. The van der Waals surface area contributed by atoms with Gasteiger partial charge in [-0.05, 0) is 40.5 Å². The van der Waals surface area contributed by atoms with E-state index in [-0.39, 0.29) is 6.04 Å². The number of nitrogens with one attached hydrogen (secondary N) is 1. The van der Waals surface area contributed by atoms with E-state index in [9.17, 15) is 0 Å². The van der Waals surface area contributed by atoms with Crippen molar-refractivity contribution in [3.8, 4) is 0 Å². The zero-order valence-corrected chi connectivity index (χ0v) is 14.1. The van der Waals surface area contributed by atoms with Crippen LogP contribution >= 0.6 is 43.5 Å². The molecule has 0 aliphatic heterocycles. The molecule has 0 bridgehead atoms. The lowest BCUT2D eigenvalue weighted by Crippen LogP contribution is -2.31. The third-order valence-corrected chi connectivity index (χ3v) is 4.38. The summed E-state index contributed by atoms with van der Waals surface area (Å²) < 4.78 is 3.72. The van der Waals surface area contributed by atoms with Gasteiger partial charge in [-0.15, -0.1) is 0 Å². The largest absolute Gasteiger partial charge is 0.271 e. The van der Waals surface area contributed by atoms with Crippen LogP contribution < -0.4 is 11.3 Å². The normalized spacial score (nSPS) is 12.7. The molecule has 0 aliphatic rings. The van der Waals surface area contributed by atoms with Gasteiger partial charge >= 0.3 is 0 Å². The number of benzene rings is 1. The van der Waals surface area contributed by atoms with E-state index in [2.05, 4.69) is 42.4 Å². The molecule has 1 aromatic carbocycles. The van der Waals surface area contributed by atoms with Crippen LogP contribution in [0.1, 0.15) is 24.2 Å². The highest BCUT2D eigenvalue weighted by Crippen LogP contribution is 2.33. The smallest absolute Gasteiger partial charge is 0.0900 e. The van der Waals surface area contributed by atoms with Crippen LogP contribution in [0.4, 0.5) is 0 Å². The van der Waals surface area contributed by atoms with Crippen molar-refractivity contribution in [2.24, 2.45) is 5.84 Å². The zero-order chi connectivity index (χ0) is 14.0. The molecule has 7 heteroatoms. The van der Waals surface area contributed by atoms with Gasteiger partial charge in [-0.25, -0.2) is 5.43 Å². The predicted molar refractivity (Wildman–Crippen MR) is 83.9 cm³/mol. The first-order chi connectivity index (χ1) is 9.08. The molecule has 0 radical (unpaired) electrons. The molecule has 0 spiro atoms. The Kier molecular flexibility index (Phi) is 5.03. The Balaban J connectivity index is 2.52. The van der Waals surface area contributed by atoms with Crippen LogP contribution in [-0.4, -0.2) is 9.78 Å². The Bertz CT molecular complexity index is 585. The number of hydrogen-bond acceptors (Lipinski definition) is 3. The average Bonchev–Trinajstić information content (AvgIpc) is 2.74. The van der Waals surface area contributed by atoms with Gasteiger partial charge in [0.15, 0.2) is 0 Å². The lowest BCUT2D eigenvalue weighted by Gasteiger charge is -2.20. The topological polar surface area (TPSA) is 55.9 Å². The van der Waals surface area contributed by atoms with Crippen LogP contribution in [0.3, 0.4) is 0 Å². The number of nitrogens with two attached hydrogens (primary N) is 1. The molecule has 3 N–H and O–H groups in total. The summed E-state index contributed by atoms with van der Waals surface area (Å²) >= 11 is 13.0. The second kappa shape index (κ2) is 6.37. The molecule has 4 nitrogen and oxygen atoms in total. The number of aromatic nitrogens is 2. The van der Waals surface area contributed by atoms with E-state index in [1.165, 1.54) is 0 Å². The summed E-state index contributed by atoms with van der Waals surface area (Å²) in [7, 11) is 0. The SMILES string of the molecule is CCn1ncc(Br)c1C(NN)c1ccc(Cl)cc1Br.